The van der Waals surface area contributed by atoms with Crippen molar-refractivity contribution in [1.29, 1.82) is 0 Å². The van der Waals surface area contributed by atoms with E-state index in [1.807, 2.05) is 0 Å². The molecule has 0 radical (unpaired) electrons. The van der Waals surface area contributed by atoms with Crippen LogP contribution < -0.4 is 0 Å². The number of carbonyl (C=O) groups is 1. The fourth-order valence-electron chi connectivity index (χ4n) is 1.68. The van der Waals surface area contributed by atoms with Gasteiger partial charge in [-0.3, -0.25) is 0 Å². The largest absolute Gasteiger partial charge is 0.476 e. The van der Waals surface area contributed by atoms with Gasteiger partial charge in [0.1, 0.15) is 5.69 Å². The number of benzene rings is 1. The summed E-state index contributed by atoms with van der Waals surface area (Å²) >= 11 is 0. The van der Waals surface area contributed by atoms with E-state index in [9.17, 15) is 13.6 Å². The monoisotopic (exact) mass is 252 g/mol. The number of carboxylic acids is 1. The minimum absolute atomic E-state index is 0.131. The number of alkyl halides is 2. The van der Waals surface area contributed by atoms with Crippen LogP contribution in [0.3, 0.4) is 0 Å². The summed E-state index contributed by atoms with van der Waals surface area (Å²) in [6.07, 6.45) is 1.22. The van der Waals surface area contributed by atoms with Crippen molar-refractivity contribution >= 4 is 5.97 Å². The van der Waals surface area contributed by atoms with Gasteiger partial charge < -0.3 is 5.11 Å². The van der Waals surface area contributed by atoms with Crippen LogP contribution in [0.1, 0.15) is 11.3 Å². The maximum Gasteiger partial charge on any atom is 0.384 e. The van der Waals surface area contributed by atoms with Gasteiger partial charge >= 0.3 is 11.9 Å². The zero-order valence-electron chi connectivity index (χ0n) is 9.47. The van der Waals surface area contributed by atoms with Crippen molar-refractivity contribution in [2.24, 2.45) is 0 Å². The minimum Gasteiger partial charge on any atom is -0.476 e. The van der Waals surface area contributed by atoms with E-state index < -0.39 is 17.6 Å². The van der Waals surface area contributed by atoms with Crippen molar-refractivity contribution in [3.63, 3.8) is 0 Å². The van der Waals surface area contributed by atoms with Crippen molar-refractivity contribution in [2.75, 3.05) is 0 Å². The molecule has 4 nitrogen and oxygen atoms in total. The topological polar surface area (TPSA) is 55.1 Å². The first-order chi connectivity index (χ1) is 8.44. The van der Waals surface area contributed by atoms with Gasteiger partial charge in [0, 0.05) is 0 Å². The maximum absolute atomic E-state index is 13.7. The quantitative estimate of drug-likeness (QED) is 0.912. The van der Waals surface area contributed by atoms with E-state index in [0.29, 0.717) is 5.69 Å². The van der Waals surface area contributed by atoms with Crippen LogP contribution in [0.2, 0.25) is 0 Å². The van der Waals surface area contributed by atoms with Crippen molar-refractivity contribution in [3.8, 4) is 5.69 Å². The fraction of sp³-hybridized carbons (Fsp3) is 0.167. The summed E-state index contributed by atoms with van der Waals surface area (Å²) in [6.45, 7) is 1.40. The van der Waals surface area contributed by atoms with Crippen LogP contribution in [0.4, 0.5) is 8.78 Å². The van der Waals surface area contributed by atoms with Crippen molar-refractivity contribution in [3.05, 3.63) is 47.8 Å². The summed E-state index contributed by atoms with van der Waals surface area (Å²) < 4.78 is 28.3. The molecule has 6 heteroatoms. The molecule has 2 aromatic rings. The Morgan fingerprint density at radius 1 is 1.33 bits per heavy atom. The van der Waals surface area contributed by atoms with Crippen molar-refractivity contribution in [1.82, 2.24) is 9.78 Å². The van der Waals surface area contributed by atoms with Gasteiger partial charge in [-0.25, -0.2) is 9.48 Å². The Kier molecular flexibility index (Phi) is 2.86. The van der Waals surface area contributed by atoms with Crippen molar-refractivity contribution in [2.45, 2.75) is 12.8 Å². The molecule has 0 saturated heterocycles. The van der Waals surface area contributed by atoms with Gasteiger partial charge in [0.15, 0.2) is 0 Å². The number of halogens is 2. The molecule has 94 valence electrons. The highest BCUT2D eigenvalue weighted by Crippen LogP contribution is 2.32. The maximum atomic E-state index is 13.7. The number of hydrogen-bond donors (Lipinski definition) is 1. The van der Waals surface area contributed by atoms with E-state index in [4.69, 9.17) is 5.11 Å². The number of carboxylic acid groups (broad SMARTS) is 1. The second-order valence-electron chi connectivity index (χ2n) is 3.80. The molecule has 0 fully saturated rings. The van der Waals surface area contributed by atoms with E-state index in [2.05, 4.69) is 5.10 Å². The average Bonchev–Trinajstić information content (AvgIpc) is 2.72. The van der Waals surface area contributed by atoms with E-state index >= 15 is 0 Å². The molecular weight excluding hydrogens is 242 g/mol. The average molecular weight is 252 g/mol. The predicted molar refractivity (Wildman–Crippen MR) is 59.8 cm³/mol. The molecule has 0 aliphatic rings. The third-order valence-corrected chi connectivity index (χ3v) is 2.52. The molecular formula is C12H10F2N2O2. The number of rotatable bonds is 3. The molecule has 1 aromatic heterocycles. The van der Waals surface area contributed by atoms with Gasteiger partial charge in [-0.2, -0.15) is 13.9 Å². The van der Waals surface area contributed by atoms with Crippen LogP contribution in [0, 0.1) is 6.92 Å². The Labute approximate surface area is 101 Å². The lowest BCUT2D eigenvalue weighted by atomic mass is 10.1. The molecule has 0 atom stereocenters. The summed E-state index contributed by atoms with van der Waals surface area (Å²) in [7, 11) is 0. The summed E-state index contributed by atoms with van der Waals surface area (Å²) in [4.78, 5) is 10.7. The zero-order valence-corrected chi connectivity index (χ0v) is 9.47. The van der Waals surface area contributed by atoms with Gasteiger partial charge in [0.25, 0.3) is 0 Å². The number of para-hydroxylation sites is 1. The molecule has 1 aromatic carbocycles. The van der Waals surface area contributed by atoms with E-state index in [1.54, 1.807) is 30.3 Å². The molecule has 0 spiro atoms. The van der Waals surface area contributed by atoms with Crippen molar-refractivity contribution < 1.29 is 18.7 Å². The third-order valence-electron chi connectivity index (χ3n) is 2.52. The smallest absolute Gasteiger partial charge is 0.384 e. The number of hydrogen-bond acceptors (Lipinski definition) is 2. The van der Waals surface area contributed by atoms with Gasteiger partial charge in [-0.05, 0) is 24.6 Å². The number of aryl methyl sites for hydroxylation is 1. The summed E-state index contributed by atoms with van der Waals surface area (Å²) in [5, 5.41) is 12.4. The first-order valence-electron chi connectivity index (χ1n) is 5.16. The van der Waals surface area contributed by atoms with Crippen LogP contribution >= 0.6 is 0 Å². The zero-order chi connectivity index (χ0) is 13.3. The number of aliphatic carboxylic acids is 1. The SMILES string of the molecule is Cc1cnn(-c2ccccc2)c1C(F)(F)C(=O)O. The van der Waals surface area contributed by atoms with E-state index in [0.717, 1.165) is 4.68 Å². The van der Waals surface area contributed by atoms with Crippen LogP contribution in [0.15, 0.2) is 36.5 Å². The molecule has 0 amide bonds. The normalized spacial score (nSPS) is 11.5. The Hall–Kier alpha value is -2.24. The van der Waals surface area contributed by atoms with Gasteiger partial charge in [-0.1, -0.05) is 18.2 Å². The first kappa shape index (κ1) is 12.2. The Balaban J connectivity index is 2.63. The summed E-state index contributed by atoms with van der Waals surface area (Å²) in [5.74, 6) is -6.17. The fourth-order valence-corrected chi connectivity index (χ4v) is 1.68. The third kappa shape index (κ3) is 1.85. The highest BCUT2D eigenvalue weighted by Gasteiger charge is 2.45. The molecule has 0 saturated carbocycles. The Bertz CT molecular complexity index is 579. The van der Waals surface area contributed by atoms with Crippen LogP contribution in [0.5, 0.6) is 0 Å². The second kappa shape index (κ2) is 4.21. The molecule has 0 aliphatic heterocycles. The summed E-state index contributed by atoms with van der Waals surface area (Å²) in [6, 6.07) is 8.21. The highest BCUT2D eigenvalue weighted by molar-refractivity contribution is 5.77. The lowest BCUT2D eigenvalue weighted by Gasteiger charge is -2.14. The lowest BCUT2D eigenvalue weighted by molar-refractivity contribution is -0.167. The Morgan fingerprint density at radius 3 is 2.50 bits per heavy atom. The molecule has 0 bridgehead atoms. The summed E-state index contributed by atoms with van der Waals surface area (Å²) in [5.41, 5.74) is -0.103. The molecule has 0 aliphatic carbocycles. The molecule has 2 rings (SSSR count). The van der Waals surface area contributed by atoms with Crippen LogP contribution in [-0.4, -0.2) is 20.9 Å². The second-order valence-corrected chi connectivity index (χ2v) is 3.80. The molecule has 18 heavy (non-hydrogen) atoms. The lowest BCUT2D eigenvalue weighted by Crippen LogP contribution is -2.29. The van der Waals surface area contributed by atoms with Gasteiger partial charge in [0.05, 0.1) is 11.9 Å². The molecule has 1 N–H and O–H groups in total. The number of aromatic nitrogens is 2. The van der Waals surface area contributed by atoms with Crippen LogP contribution in [0.25, 0.3) is 5.69 Å². The number of nitrogens with zero attached hydrogens (tertiary/aromatic N) is 2. The highest BCUT2D eigenvalue weighted by atomic mass is 19.3. The van der Waals surface area contributed by atoms with E-state index in [-0.39, 0.29) is 5.56 Å². The van der Waals surface area contributed by atoms with E-state index in [1.165, 1.54) is 13.1 Å². The van der Waals surface area contributed by atoms with Gasteiger partial charge in [-0.15, -0.1) is 0 Å². The van der Waals surface area contributed by atoms with Crippen LogP contribution in [-0.2, 0) is 10.7 Å². The Morgan fingerprint density at radius 2 is 1.94 bits per heavy atom. The predicted octanol–water partition coefficient (Wildman–Crippen LogP) is 2.36. The molecule has 1 heterocycles. The minimum atomic E-state index is -3.98. The molecule has 0 unspecified atom stereocenters. The first-order valence-corrected chi connectivity index (χ1v) is 5.16. The standard InChI is InChI=1S/C12H10F2N2O2/c1-8-7-15-16(9-5-3-2-4-6-9)10(8)12(13,14)11(17)18/h2-7H,1H3,(H,17,18). The van der Waals surface area contributed by atoms with Gasteiger partial charge in [0.2, 0.25) is 0 Å².